The van der Waals surface area contributed by atoms with E-state index in [1.165, 1.54) is 0 Å². The van der Waals surface area contributed by atoms with Crippen LogP contribution < -0.4 is 5.32 Å². The van der Waals surface area contributed by atoms with Gasteiger partial charge in [-0.25, -0.2) is 0 Å². The molecule has 0 saturated carbocycles. The first-order valence-electron chi connectivity index (χ1n) is 9.66. The van der Waals surface area contributed by atoms with Crippen LogP contribution >= 0.6 is 0 Å². The Morgan fingerprint density at radius 1 is 1.00 bits per heavy atom. The zero-order chi connectivity index (χ0) is 21.1. The summed E-state index contributed by atoms with van der Waals surface area (Å²) in [5, 5.41) is 9.89. The Hall–Kier alpha value is -3.87. The van der Waals surface area contributed by atoms with Gasteiger partial charge in [0.15, 0.2) is 0 Å². The van der Waals surface area contributed by atoms with Crippen LogP contribution in [0.3, 0.4) is 0 Å². The number of aromatic amines is 1. The van der Waals surface area contributed by atoms with Gasteiger partial charge in [-0.3, -0.25) is 24.8 Å². The van der Waals surface area contributed by atoms with Crippen molar-refractivity contribution in [3.63, 3.8) is 0 Å². The van der Waals surface area contributed by atoms with Gasteiger partial charge in [0.05, 0.1) is 11.4 Å². The maximum Gasteiger partial charge on any atom is 0.269 e. The van der Waals surface area contributed by atoms with E-state index in [4.69, 9.17) is 0 Å². The number of aromatic nitrogens is 5. The lowest BCUT2D eigenvalue weighted by atomic mass is 10.1. The molecule has 30 heavy (non-hydrogen) atoms. The highest BCUT2D eigenvalue weighted by molar-refractivity contribution is 5.93. The summed E-state index contributed by atoms with van der Waals surface area (Å²) >= 11 is 0. The fourth-order valence-corrected chi connectivity index (χ4v) is 3.26. The topological polar surface area (TPSA) is 96.5 Å². The van der Waals surface area contributed by atoms with E-state index in [0.29, 0.717) is 17.9 Å². The van der Waals surface area contributed by atoms with Crippen LogP contribution in [-0.2, 0) is 6.54 Å². The van der Waals surface area contributed by atoms with Crippen LogP contribution in [0.25, 0.3) is 22.6 Å². The van der Waals surface area contributed by atoms with E-state index in [2.05, 4.69) is 30.5 Å². The second-order valence-corrected chi connectivity index (χ2v) is 7.21. The van der Waals surface area contributed by atoms with Crippen molar-refractivity contribution < 1.29 is 4.79 Å². The van der Waals surface area contributed by atoms with Crippen molar-refractivity contribution in [1.82, 2.24) is 30.5 Å². The molecule has 0 radical (unpaired) electrons. The predicted octanol–water partition coefficient (Wildman–Crippen LogP) is 3.78. The molecule has 4 rings (SSSR count). The lowest BCUT2D eigenvalue weighted by molar-refractivity contribution is 0.0946. The van der Waals surface area contributed by atoms with E-state index < -0.39 is 0 Å². The molecule has 0 unspecified atom stereocenters. The highest BCUT2D eigenvalue weighted by Crippen LogP contribution is 2.22. The van der Waals surface area contributed by atoms with Gasteiger partial charge in [-0.1, -0.05) is 12.1 Å². The second-order valence-electron chi connectivity index (χ2n) is 7.21. The number of H-pyrrole nitrogens is 1. The summed E-state index contributed by atoms with van der Waals surface area (Å²) in [6.07, 6.45) is 3.57. The highest BCUT2D eigenvalue weighted by Gasteiger charge is 2.12. The minimum atomic E-state index is -0.229. The minimum absolute atomic E-state index is 0.229. The van der Waals surface area contributed by atoms with Crippen LogP contribution in [0, 0.1) is 20.8 Å². The summed E-state index contributed by atoms with van der Waals surface area (Å²) in [5.41, 5.74) is 7.52. The van der Waals surface area contributed by atoms with Gasteiger partial charge in [0.25, 0.3) is 5.91 Å². The zero-order valence-corrected chi connectivity index (χ0v) is 17.1. The van der Waals surface area contributed by atoms with Gasteiger partial charge in [0.1, 0.15) is 11.4 Å². The Bertz CT molecular complexity index is 1210. The summed E-state index contributed by atoms with van der Waals surface area (Å²) in [5.74, 6) is -0.229. The van der Waals surface area contributed by atoms with Crippen molar-refractivity contribution in [1.29, 1.82) is 0 Å². The third-order valence-electron chi connectivity index (χ3n) is 4.73. The number of hydrogen-bond donors (Lipinski definition) is 2. The predicted molar refractivity (Wildman–Crippen MR) is 115 cm³/mol. The van der Waals surface area contributed by atoms with Gasteiger partial charge in [0.2, 0.25) is 0 Å². The molecule has 0 atom stereocenters. The Morgan fingerprint density at radius 3 is 2.63 bits per heavy atom. The molecule has 0 bridgehead atoms. The lowest BCUT2D eigenvalue weighted by Gasteiger charge is -2.09. The number of aryl methyl sites for hydroxylation is 3. The molecule has 7 nitrogen and oxygen atoms in total. The van der Waals surface area contributed by atoms with E-state index in [-0.39, 0.29) is 5.91 Å². The van der Waals surface area contributed by atoms with Crippen molar-refractivity contribution in [3.8, 4) is 22.6 Å². The standard InChI is InChI=1S/C23H22N6O/c1-14-9-17(12-25-22(14)18-7-8-24-16(3)10-18)13-26-23(30)21-11-20(28-29-21)19-6-4-5-15(2)27-19/h4-12H,13H2,1-3H3,(H,26,30)(H,28,29). The normalized spacial score (nSPS) is 10.8. The second kappa shape index (κ2) is 8.24. The molecule has 0 aliphatic rings. The Kier molecular flexibility index (Phi) is 5.34. The number of hydrogen-bond acceptors (Lipinski definition) is 5. The SMILES string of the molecule is Cc1cc(-c2ncc(CNC(=O)c3cc(-c4cccc(C)n4)n[nH]3)cc2C)ccn1. The minimum Gasteiger partial charge on any atom is -0.347 e. The van der Waals surface area contributed by atoms with Crippen LogP contribution in [-0.4, -0.2) is 31.1 Å². The van der Waals surface area contributed by atoms with Gasteiger partial charge in [-0.2, -0.15) is 5.10 Å². The van der Waals surface area contributed by atoms with Crippen LogP contribution in [0.5, 0.6) is 0 Å². The summed E-state index contributed by atoms with van der Waals surface area (Å²) in [6.45, 7) is 6.26. The molecular weight excluding hydrogens is 376 g/mol. The molecule has 4 aromatic rings. The van der Waals surface area contributed by atoms with E-state index in [0.717, 1.165) is 39.5 Å². The average Bonchev–Trinajstić information content (AvgIpc) is 3.22. The summed E-state index contributed by atoms with van der Waals surface area (Å²) < 4.78 is 0. The largest absolute Gasteiger partial charge is 0.347 e. The summed E-state index contributed by atoms with van der Waals surface area (Å²) in [4.78, 5) is 25.8. The van der Waals surface area contributed by atoms with E-state index >= 15 is 0 Å². The van der Waals surface area contributed by atoms with E-state index in [1.807, 2.05) is 57.2 Å². The third kappa shape index (κ3) is 4.25. The molecule has 4 heterocycles. The number of amides is 1. The molecule has 2 N–H and O–H groups in total. The van der Waals surface area contributed by atoms with Gasteiger partial charge >= 0.3 is 0 Å². The molecule has 150 valence electrons. The molecule has 0 aliphatic carbocycles. The number of rotatable bonds is 5. The first-order chi connectivity index (χ1) is 14.5. The first kappa shape index (κ1) is 19.4. The number of nitrogens with zero attached hydrogens (tertiary/aromatic N) is 4. The van der Waals surface area contributed by atoms with E-state index in [9.17, 15) is 4.79 Å². The number of carbonyl (C=O) groups excluding carboxylic acids is 1. The summed E-state index contributed by atoms with van der Waals surface area (Å²) in [6, 6.07) is 13.4. The molecule has 0 saturated heterocycles. The number of pyridine rings is 3. The van der Waals surface area contributed by atoms with Crippen LogP contribution in [0.1, 0.15) is 33.0 Å². The smallest absolute Gasteiger partial charge is 0.269 e. The fourth-order valence-electron chi connectivity index (χ4n) is 3.26. The first-order valence-corrected chi connectivity index (χ1v) is 9.66. The van der Waals surface area contributed by atoms with Crippen molar-refractivity contribution in [2.75, 3.05) is 0 Å². The molecule has 0 aromatic carbocycles. The average molecular weight is 398 g/mol. The molecule has 1 amide bonds. The van der Waals surface area contributed by atoms with Gasteiger partial charge in [-0.05, 0) is 62.2 Å². The monoisotopic (exact) mass is 398 g/mol. The molecule has 0 spiro atoms. The third-order valence-corrected chi connectivity index (χ3v) is 4.73. The maximum absolute atomic E-state index is 12.5. The molecule has 7 heteroatoms. The van der Waals surface area contributed by atoms with Gasteiger partial charge in [-0.15, -0.1) is 0 Å². The Labute approximate surface area is 174 Å². The van der Waals surface area contributed by atoms with Crippen LogP contribution in [0.15, 0.2) is 54.9 Å². The zero-order valence-electron chi connectivity index (χ0n) is 17.1. The van der Waals surface area contributed by atoms with Crippen molar-refractivity contribution >= 4 is 5.91 Å². The van der Waals surface area contributed by atoms with Crippen molar-refractivity contribution in [2.45, 2.75) is 27.3 Å². The quantitative estimate of drug-likeness (QED) is 0.533. The van der Waals surface area contributed by atoms with Crippen molar-refractivity contribution in [2.24, 2.45) is 0 Å². The Balaban J connectivity index is 1.44. The number of carbonyl (C=O) groups is 1. The lowest BCUT2D eigenvalue weighted by Crippen LogP contribution is -2.23. The highest BCUT2D eigenvalue weighted by atomic mass is 16.1. The van der Waals surface area contributed by atoms with Gasteiger partial charge < -0.3 is 5.32 Å². The maximum atomic E-state index is 12.5. The molecular formula is C23H22N6O. The molecule has 0 fully saturated rings. The number of nitrogens with one attached hydrogen (secondary N) is 2. The van der Waals surface area contributed by atoms with Gasteiger partial charge in [0, 0.05) is 35.9 Å². The summed E-state index contributed by atoms with van der Waals surface area (Å²) in [7, 11) is 0. The van der Waals surface area contributed by atoms with Crippen LogP contribution in [0.2, 0.25) is 0 Å². The Morgan fingerprint density at radius 2 is 1.87 bits per heavy atom. The fraction of sp³-hybridized carbons (Fsp3) is 0.174. The van der Waals surface area contributed by atoms with E-state index in [1.54, 1.807) is 18.5 Å². The van der Waals surface area contributed by atoms with Crippen molar-refractivity contribution in [3.05, 3.63) is 83.1 Å². The molecule has 0 aliphatic heterocycles. The van der Waals surface area contributed by atoms with Crippen LogP contribution in [0.4, 0.5) is 0 Å². The molecule has 4 aromatic heterocycles.